The largest absolute Gasteiger partial charge is 0.573 e. The zero-order valence-electron chi connectivity index (χ0n) is 14.4. The summed E-state index contributed by atoms with van der Waals surface area (Å²) in [6.45, 7) is 2.22. The molecule has 0 radical (unpaired) electrons. The topological polar surface area (TPSA) is 69.6 Å². The highest BCUT2D eigenvalue weighted by Crippen LogP contribution is 2.31. The van der Waals surface area contributed by atoms with Gasteiger partial charge in [-0.2, -0.15) is 0 Å². The average molecular weight is 382 g/mol. The number of benzene rings is 1. The Morgan fingerprint density at radius 3 is 2.78 bits per heavy atom. The van der Waals surface area contributed by atoms with E-state index in [1.807, 2.05) is 0 Å². The van der Waals surface area contributed by atoms with E-state index in [9.17, 15) is 22.8 Å². The van der Waals surface area contributed by atoms with Crippen LogP contribution in [0.5, 0.6) is 5.75 Å². The molecule has 144 valence electrons. The molecule has 1 atom stereocenters. The fourth-order valence-electron chi connectivity index (χ4n) is 2.98. The molecule has 1 amide bonds. The summed E-state index contributed by atoms with van der Waals surface area (Å²) < 4.78 is 47.8. The molecule has 2 aromatic rings. The Bertz CT molecular complexity index is 861. The molecular weight excluding hydrogens is 365 g/mol. The van der Waals surface area contributed by atoms with Gasteiger partial charge in [0.25, 0.3) is 5.91 Å². The number of hydrogen-bond acceptors (Lipinski definition) is 4. The molecule has 3 rings (SSSR count). The van der Waals surface area contributed by atoms with Gasteiger partial charge < -0.3 is 19.4 Å². The lowest BCUT2D eigenvalue weighted by atomic mass is 10.1. The van der Waals surface area contributed by atoms with E-state index >= 15 is 0 Å². The van der Waals surface area contributed by atoms with E-state index in [-0.39, 0.29) is 43.2 Å². The van der Waals surface area contributed by atoms with Crippen molar-refractivity contribution >= 4 is 11.9 Å². The minimum atomic E-state index is -4.79. The molecule has 9 heteroatoms. The number of hydrogen-bond donors (Lipinski definition) is 1. The second-order valence-electron chi connectivity index (χ2n) is 5.97. The predicted octanol–water partition coefficient (Wildman–Crippen LogP) is 3.29. The summed E-state index contributed by atoms with van der Waals surface area (Å²) in [5.41, 5.74) is 1.33. The number of carbonyl (C=O) groups is 2. The molecule has 6 nitrogen and oxygen atoms in total. The van der Waals surface area contributed by atoms with Crippen LogP contribution in [0.2, 0.25) is 0 Å². The van der Waals surface area contributed by atoms with Crippen molar-refractivity contribution in [2.75, 3.05) is 13.2 Å². The number of rotatable bonds is 5. The Morgan fingerprint density at radius 2 is 2.07 bits per heavy atom. The average Bonchev–Trinajstić information content (AvgIpc) is 3.03. The summed E-state index contributed by atoms with van der Waals surface area (Å²) in [4.78, 5) is 23.9. The normalized spacial score (nSPS) is 16.4. The van der Waals surface area contributed by atoms with Crippen LogP contribution in [0.15, 0.2) is 36.5 Å². The summed E-state index contributed by atoms with van der Waals surface area (Å²) in [7, 11) is 0. The molecule has 1 aliphatic heterocycles. The van der Waals surface area contributed by atoms with Gasteiger partial charge >= 0.3 is 12.3 Å². The lowest BCUT2D eigenvalue weighted by molar-refractivity contribution is -0.274. The molecule has 0 aliphatic carbocycles. The van der Waals surface area contributed by atoms with Crippen molar-refractivity contribution in [2.24, 2.45) is 0 Å². The van der Waals surface area contributed by atoms with Crippen LogP contribution in [0.3, 0.4) is 0 Å². The minimum Gasteiger partial charge on any atom is -0.466 e. The van der Waals surface area contributed by atoms with E-state index in [1.165, 1.54) is 18.2 Å². The van der Waals surface area contributed by atoms with E-state index in [0.717, 1.165) is 0 Å². The molecular formula is C18H17F3N2O4. The highest BCUT2D eigenvalue weighted by molar-refractivity contribution is 5.95. The van der Waals surface area contributed by atoms with E-state index < -0.39 is 6.36 Å². The number of aromatic nitrogens is 1. The maximum absolute atomic E-state index is 12.4. The second kappa shape index (κ2) is 7.34. The third-order valence-corrected chi connectivity index (χ3v) is 4.08. The van der Waals surface area contributed by atoms with Crippen LogP contribution >= 0.6 is 0 Å². The van der Waals surface area contributed by atoms with Crippen molar-refractivity contribution in [1.29, 1.82) is 0 Å². The Morgan fingerprint density at radius 1 is 1.30 bits per heavy atom. The number of fused-ring (bicyclic) bond motifs is 1. The van der Waals surface area contributed by atoms with Crippen LogP contribution in [0.1, 0.15) is 29.9 Å². The number of nitrogens with zero attached hydrogens (tertiary/aromatic N) is 1. The van der Waals surface area contributed by atoms with Crippen molar-refractivity contribution in [2.45, 2.75) is 25.7 Å². The van der Waals surface area contributed by atoms with Crippen molar-refractivity contribution in [3.05, 3.63) is 42.2 Å². The fraction of sp³-hybridized carbons (Fsp3) is 0.333. The van der Waals surface area contributed by atoms with Crippen LogP contribution in [0, 0.1) is 0 Å². The van der Waals surface area contributed by atoms with E-state index in [2.05, 4.69) is 10.1 Å². The first-order valence-corrected chi connectivity index (χ1v) is 8.28. The predicted molar refractivity (Wildman–Crippen MR) is 89.2 cm³/mol. The van der Waals surface area contributed by atoms with Crippen LogP contribution in [0.25, 0.3) is 11.1 Å². The molecule has 1 aliphatic rings. The van der Waals surface area contributed by atoms with Gasteiger partial charge in [0.05, 0.1) is 19.1 Å². The summed E-state index contributed by atoms with van der Waals surface area (Å²) in [6.07, 6.45) is -3.07. The summed E-state index contributed by atoms with van der Waals surface area (Å²) in [5.74, 6) is -1.05. The highest BCUT2D eigenvalue weighted by atomic mass is 19.4. The Labute approximate surface area is 152 Å². The molecule has 0 saturated carbocycles. The number of ether oxygens (including phenoxy) is 2. The van der Waals surface area contributed by atoms with E-state index in [1.54, 1.807) is 29.8 Å². The molecule has 2 heterocycles. The van der Waals surface area contributed by atoms with Crippen molar-refractivity contribution < 1.29 is 32.2 Å². The van der Waals surface area contributed by atoms with Gasteiger partial charge in [0.2, 0.25) is 0 Å². The second-order valence-corrected chi connectivity index (χ2v) is 5.97. The van der Waals surface area contributed by atoms with Gasteiger partial charge in [0, 0.05) is 18.3 Å². The van der Waals surface area contributed by atoms with Crippen LogP contribution < -0.4 is 10.1 Å². The van der Waals surface area contributed by atoms with Crippen LogP contribution in [0.4, 0.5) is 13.2 Å². The number of amides is 1. The molecule has 0 fully saturated rings. The van der Waals surface area contributed by atoms with Gasteiger partial charge in [-0.3, -0.25) is 9.59 Å². The van der Waals surface area contributed by atoms with Crippen LogP contribution in [-0.2, 0) is 9.53 Å². The molecule has 1 unspecified atom stereocenters. The van der Waals surface area contributed by atoms with Crippen LogP contribution in [-0.4, -0.2) is 36.0 Å². The smallest absolute Gasteiger partial charge is 0.466 e. The van der Waals surface area contributed by atoms with Gasteiger partial charge in [0.1, 0.15) is 11.4 Å². The first-order chi connectivity index (χ1) is 12.8. The number of nitrogens with one attached hydrogen (secondary N) is 1. The number of carbonyl (C=O) groups excluding carboxylic acids is 2. The molecule has 1 aromatic heterocycles. The lowest BCUT2D eigenvalue weighted by Gasteiger charge is -2.25. The summed E-state index contributed by atoms with van der Waals surface area (Å²) in [5, 5.41) is 2.70. The van der Waals surface area contributed by atoms with Gasteiger partial charge in [-0.15, -0.1) is 13.2 Å². The van der Waals surface area contributed by atoms with Crippen molar-refractivity contribution in [3.8, 4) is 16.9 Å². The molecule has 1 aromatic carbocycles. The fourth-order valence-corrected chi connectivity index (χ4v) is 2.98. The molecule has 0 saturated heterocycles. The molecule has 1 N–H and O–H groups in total. The van der Waals surface area contributed by atoms with Crippen molar-refractivity contribution in [1.82, 2.24) is 9.88 Å². The van der Waals surface area contributed by atoms with E-state index in [4.69, 9.17) is 4.74 Å². The summed E-state index contributed by atoms with van der Waals surface area (Å²) in [6, 6.07) is 6.72. The number of alkyl halides is 3. The number of halogens is 3. The zero-order valence-corrected chi connectivity index (χ0v) is 14.4. The van der Waals surface area contributed by atoms with E-state index in [0.29, 0.717) is 16.8 Å². The SMILES string of the molecule is CCOC(=O)CC1CNC(=O)c2cc(-c3cccc(OC(F)(F)F)c3)cn21. The van der Waals surface area contributed by atoms with Gasteiger partial charge in [-0.25, -0.2) is 0 Å². The number of esters is 1. The maximum atomic E-state index is 12.4. The minimum absolute atomic E-state index is 0.0759. The Kier molecular flexibility index (Phi) is 5.11. The third kappa shape index (κ3) is 4.42. The lowest BCUT2D eigenvalue weighted by Crippen LogP contribution is -2.39. The molecule has 27 heavy (non-hydrogen) atoms. The standard InChI is InChI=1S/C18H17F3N2O4/c1-2-26-16(24)8-13-9-22-17(25)15-7-12(10-23(13)15)11-4-3-5-14(6-11)27-18(19,20)21/h3-7,10,13H,2,8-9H2,1H3,(H,22,25). The highest BCUT2D eigenvalue weighted by Gasteiger charge is 2.31. The third-order valence-electron chi connectivity index (χ3n) is 4.08. The monoisotopic (exact) mass is 382 g/mol. The Hall–Kier alpha value is -2.97. The Balaban J connectivity index is 1.90. The zero-order chi connectivity index (χ0) is 19.6. The van der Waals surface area contributed by atoms with Gasteiger partial charge in [-0.05, 0) is 30.7 Å². The molecule has 0 bridgehead atoms. The quantitative estimate of drug-likeness (QED) is 0.806. The maximum Gasteiger partial charge on any atom is 0.573 e. The first kappa shape index (κ1) is 18.8. The van der Waals surface area contributed by atoms with Gasteiger partial charge in [-0.1, -0.05) is 12.1 Å². The first-order valence-electron chi connectivity index (χ1n) is 8.28. The van der Waals surface area contributed by atoms with Gasteiger partial charge in [0.15, 0.2) is 0 Å². The summed E-state index contributed by atoms with van der Waals surface area (Å²) >= 11 is 0. The molecule has 0 spiro atoms. The van der Waals surface area contributed by atoms with Crippen molar-refractivity contribution in [3.63, 3.8) is 0 Å².